The number of carbonyl (C=O) groups excluding carboxylic acids is 1. The molecule has 7 nitrogen and oxygen atoms in total. The minimum Gasteiger partial charge on any atom is -0.416 e. The van der Waals surface area contributed by atoms with Crippen LogP contribution in [0.1, 0.15) is 50.2 Å². The standard InChI is InChI=1S/C20H25N5O2S/c26-18(21-14-7-3-1-2-4-8-14)13-28-20-25-24-19(27-20)12-11-17-22-15-9-5-6-10-16(15)23-17/h5-6,9-10,14H,1-4,7-8,11-13H2,(H,21,26)(H,22,23). The van der Waals surface area contributed by atoms with Crippen molar-refractivity contribution in [3.8, 4) is 0 Å². The Hall–Kier alpha value is -2.35. The quantitative estimate of drug-likeness (QED) is 0.465. The molecule has 148 valence electrons. The van der Waals surface area contributed by atoms with Gasteiger partial charge in [0.25, 0.3) is 5.22 Å². The summed E-state index contributed by atoms with van der Waals surface area (Å²) in [5.41, 5.74) is 1.98. The number of aromatic nitrogens is 4. The number of amides is 1. The highest BCUT2D eigenvalue weighted by Crippen LogP contribution is 2.19. The van der Waals surface area contributed by atoms with E-state index in [-0.39, 0.29) is 5.91 Å². The van der Waals surface area contributed by atoms with Gasteiger partial charge in [0.05, 0.1) is 16.8 Å². The molecule has 0 atom stereocenters. The Balaban J connectivity index is 1.23. The second-order valence-electron chi connectivity index (χ2n) is 7.21. The van der Waals surface area contributed by atoms with Gasteiger partial charge in [-0.05, 0) is 25.0 Å². The van der Waals surface area contributed by atoms with Gasteiger partial charge in [-0.15, -0.1) is 10.2 Å². The van der Waals surface area contributed by atoms with Crippen LogP contribution in [-0.2, 0) is 17.6 Å². The maximum atomic E-state index is 12.2. The predicted octanol–water partition coefficient (Wildman–Crippen LogP) is 3.66. The number of nitrogens with zero attached hydrogens (tertiary/aromatic N) is 3. The fraction of sp³-hybridized carbons (Fsp3) is 0.500. The highest BCUT2D eigenvalue weighted by Gasteiger charge is 2.16. The number of H-pyrrole nitrogens is 1. The number of aryl methyl sites for hydroxylation is 2. The Kier molecular flexibility index (Phi) is 6.26. The number of para-hydroxylation sites is 2. The van der Waals surface area contributed by atoms with Gasteiger partial charge in [0.1, 0.15) is 5.82 Å². The summed E-state index contributed by atoms with van der Waals surface area (Å²) in [6.45, 7) is 0. The number of hydrogen-bond donors (Lipinski definition) is 2. The zero-order chi connectivity index (χ0) is 19.2. The summed E-state index contributed by atoms with van der Waals surface area (Å²) < 4.78 is 5.66. The Morgan fingerprint density at radius 1 is 1.14 bits per heavy atom. The maximum absolute atomic E-state index is 12.2. The van der Waals surface area contributed by atoms with E-state index in [4.69, 9.17) is 4.42 Å². The lowest BCUT2D eigenvalue weighted by molar-refractivity contribution is -0.119. The van der Waals surface area contributed by atoms with Gasteiger partial charge in [-0.25, -0.2) is 4.98 Å². The van der Waals surface area contributed by atoms with E-state index in [1.165, 1.54) is 37.4 Å². The predicted molar refractivity (Wildman–Crippen MR) is 108 cm³/mol. The first-order valence-corrected chi connectivity index (χ1v) is 10.9. The Morgan fingerprint density at radius 3 is 2.79 bits per heavy atom. The van der Waals surface area contributed by atoms with Crippen molar-refractivity contribution in [1.82, 2.24) is 25.5 Å². The summed E-state index contributed by atoms with van der Waals surface area (Å²) in [5, 5.41) is 11.7. The molecule has 2 heterocycles. The third-order valence-electron chi connectivity index (χ3n) is 5.01. The molecule has 1 saturated carbocycles. The van der Waals surface area contributed by atoms with E-state index in [0.29, 0.717) is 35.7 Å². The van der Waals surface area contributed by atoms with Crippen LogP contribution in [0, 0.1) is 0 Å². The maximum Gasteiger partial charge on any atom is 0.277 e. The lowest BCUT2D eigenvalue weighted by atomic mass is 10.1. The molecule has 0 spiro atoms. The van der Waals surface area contributed by atoms with Crippen LogP contribution in [0.4, 0.5) is 0 Å². The number of hydrogen-bond acceptors (Lipinski definition) is 6. The van der Waals surface area contributed by atoms with Crippen molar-refractivity contribution in [2.75, 3.05) is 5.75 Å². The number of nitrogens with one attached hydrogen (secondary N) is 2. The number of benzene rings is 1. The summed E-state index contributed by atoms with van der Waals surface area (Å²) in [6.07, 6.45) is 8.45. The molecule has 0 bridgehead atoms. The number of fused-ring (bicyclic) bond motifs is 1. The Labute approximate surface area is 168 Å². The zero-order valence-corrected chi connectivity index (χ0v) is 16.6. The van der Waals surface area contributed by atoms with E-state index in [1.54, 1.807) is 0 Å². The first-order valence-electron chi connectivity index (χ1n) is 9.94. The molecular weight excluding hydrogens is 374 g/mol. The first-order chi connectivity index (χ1) is 13.8. The van der Waals surface area contributed by atoms with Gasteiger partial charge in [-0.3, -0.25) is 4.79 Å². The SMILES string of the molecule is O=C(CSc1nnc(CCc2nc3ccccc3[nH]2)o1)NC1CCCCCC1. The topological polar surface area (TPSA) is 96.7 Å². The summed E-state index contributed by atoms with van der Waals surface area (Å²) in [4.78, 5) is 20.0. The molecule has 0 unspecified atom stereocenters. The lowest BCUT2D eigenvalue weighted by Crippen LogP contribution is -2.35. The van der Waals surface area contributed by atoms with Gasteiger partial charge in [0.15, 0.2) is 0 Å². The summed E-state index contributed by atoms with van der Waals surface area (Å²) >= 11 is 1.29. The molecule has 0 aliphatic heterocycles. The van der Waals surface area contributed by atoms with Gasteiger partial charge in [-0.1, -0.05) is 49.6 Å². The highest BCUT2D eigenvalue weighted by molar-refractivity contribution is 7.99. The number of rotatable bonds is 7. The van der Waals surface area contributed by atoms with Gasteiger partial charge >= 0.3 is 0 Å². The molecule has 0 radical (unpaired) electrons. The second-order valence-corrected chi connectivity index (χ2v) is 8.13. The van der Waals surface area contributed by atoms with Crippen molar-refractivity contribution < 1.29 is 9.21 Å². The summed E-state index contributed by atoms with van der Waals surface area (Å²) in [6, 6.07) is 8.26. The molecule has 8 heteroatoms. The molecule has 1 fully saturated rings. The van der Waals surface area contributed by atoms with Crippen LogP contribution in [0.5, 0.6) is 0 Å². The van der Waals surface area contributed by atoms with E-state index in [9.17, 15) is 4.79 Å². The van der Waals surface area contributed by atoms with E-state index in [1.807, 2.05) is 24.3 Å². The smallest absolute Gasteiger partial charge is 0.277 e. The van der Waals surface area contributed by atoms with Crippen molar-refractivity contribution in [3.63, 3.8) is 0 Å². The van der Waals surface area contributed by atoms with E-state index in [2.05, 4.69) is 25.5 Å². The zero-order valence-electron chi connectivity index (χ0n) is 15.8. The molecule has 3 aromatic rings. The molecule has 1 aromatic carbocycles. The molecule has 2 aromatic heterocycles. The molecule has 0 saturated heterocycles. The molecule has 28 heavy (non-hydrogen) atoms. The summed E-state index contributed by atoms with van der Waals surface area (Å²) in [7, 11) is 0. The van der Waals surface area contributed by atoms with Crippen LogP contribution in [0.15, 0.2) is 33.9 Å². The number of imidazole rings is 1. The van der Waals surface area contributed by atoms with Crippen LogP contribution in [-0.4, -0.2) is 37.9 Å². The van der Waals surface area contributed by atoms with Crippen molar-refractivity contribution in [2.24, 2.45) is 0 Å². The van der Waals surface area contributed by atoms with Crippen LogP contribution < -0.4 is 5.32 Å². The molecular formula is C20H25N5O2S. The normalized spacial score (nSPS) is 15.6. The van der Waals surface area contributed by atoms with Gasteiger partial charge in [0, 0.05) is 18.9 Å². The van der Waals surface area contributed by atoms with E-state index >= 15 is 0 Å². The monoisotopic (exact) mass is 399 g/mol. The highest BCUT2D eigenvalue weighted by atomic mass is 32.2. The molecule has 1 aliphatic carbocycles. The van der Waals surface area contributed by atoms with Crippen LogP contribution in [0.3, 0.4) is 0 Å². The first kappa shape index (κ1) is 19.0. The molecule has 2 N–H and O–H groups in total. The van der Waals surface area contributed by atoms with E-state index in [0.717, 1.165) is 29.7 Å². The van der Waals surface area contributed by atoms with Crippen molar-refractivity contribution >= 4 is 28.7 Å². The fourth-order valence-electron chi connectivity index (χ4n) is 3.57. The molecule has 4 rings (SSSR count). The number of aromatic amines is 1. The van der Waals surface area contributed by atoms with Crippen molar-refractivity contribution in [1.29, 1.82) is 0 Å². The Bertz CT molecular complexity index is 881. The third kappa shape index (κ3) is 5.13. The lowest BCUT2D eigenvalue weighted by Gasteiger charge is -2.15. The molecule has 1 aliphatic rings. The average Bonchev–Trinajstić information content (AvgIpc) is 3.25. The minimum absolute atomic E-state index is 0.0407. The second kappa shape index (κ2) is 9.23. The minimum atomic E-state index is 0.0407. The molecule has 1 amide bonds. The van der Waals surface area contributed by atoms with Gasteiger partial charge in [0.2, 0.25) is 11.8 Å². The van der Waals surface area contributed by atoms with Crippen molar-refractivity contribution in [3.05, 3.63) is 36.0 Å². The van der Waals surface area contributed by atoms with Gasteiger partial charge < -0.3 is 14.7 Å². The van der Waals surface area contributed by atoms with Crippen LogP contribution in [0.25, 0.3) is 11.0 Å². The fourth-order valence-corrected chi connectivity index (χ4v) is 4.16. The number of thioether (sulfide) groups is 1. The Morgan fingerprint density at radius 2 is 1.96 bits per heavy atom. The van der Waals surface area contributed by atoms with Crippen LogP contribution >= 0.6 is 11.8 Å². The van der Waals surface area contributed by atoms with E-state index < -0.39 is 0 Å². The van der Waals surface area contributed by atoms with Crippen LogP contribution in [0.2, 0.25) is 0 Å². The van der Waals surface area contributed by atoms with Crippen molar-refractivity contribution in [2.45, 2.75) is 62.6 Å². The average molecular weight is 400 g/mol. The third-order valence-corrected chi connectivity index (χ3v) is 5.83. The largest absolute Gasteiger partial charge is 0.416 e. The van der Waals surface area contributed by atoms with Gasteiger partial charge in [-0.2, -0.15) is 0 Å². The summed E-state index contributed by atoms with van der Waals surface area (Å²) in [5.74, 6) is 1.81. The number of carbonyl (C=O) groups is 1.